The van der Waals surface area contributed by atoms with Gasteiger partial charge in [0.25, 0.3) is 0 Å². The first kappa shape index (κ1) is 17.8. The number of epoxide rings is 2. The number of hydrogen-bond acceptors (Lipinski definition) is 4. The summed E-state index contributed by atoms with van der Waals surface area (Å²) in [5.41, 5.74) is 0. The van der Waals surface area contributed by atoms with Crippen molar-refractivity contribution in [3.05, 3.63) is 0 Å². The Bertz CT molecular complexity index is 302. The van der Waals surface area contributed by atoms with E-state index in [-0.39, 0.29) is 10.2 Å². The monoisotopic (exact) mass is 906 g/mol. The van der Waals surface area contributed by atoms with Crippen LogP contribution in [0.1, 0.15) is 0 Å². The Labute approximate surface area is 183 Å². The molecule has 0 amide bonds. The average Bonchev–Trinajstić information content (AvgIpc) is 2.83. The molecule has 0 aliphatic carbocycles. The third-order valence-electron chi connectivity index (χ3n) is 1.81. The zero-order valence-electron chi connectivity index (χ0n) is 7.63. The van der Waals surface area contributed by atoms with E-state index in [2.05, 4.69) is 136 Å². The molecule has 0 spiro atoms. The fraction of sp³-hybridized carbons (Fsp3) is 1.00. The number of ether oxygens (including phenoxy) is 2. The highest BCUT2D eigenvalue weighted by molar-refractivity contribution is 14.2. The van der Waals surface area contributed by atoms with Crippen molar-refractivity contribution in [1.82, 2.24) is 0 Å². The van der Waals surface area contributed by atoms with E-state index in [0.29, 0.717) is 0 Å². The molecule has 3 radical (unpaired) electrons. The van der Waals surface area contributed by atoms with E-state index >= 15 is 0 Å². The van der Waals surface area contributed by atoms with Gasteiger partial charge in [-0.2, -0.15) is 0 Å². The maximum atomic E-state index is 5.45. The highest BCUT2D eigenvalue weighted by Crippen LogP contribution is 2.62. The van der Waals surface area contributed by atoms with Crippen LogP contribution in [0.5, 0.6) is 0 Å². The molecule has 91 valence electrons. The lowest BCUT2D eigenvalue weighted by atomic mass is 9.91. The van der Waals surface area contributed by atoms with Crippen molar-refractivity contribution in [2.45, 2.75) is 10.2 Å². The van der Waals surface area contributed by atoms with Gasteiger partial charge in [0, 0.05) is 0 Å². The summed E-state index contributed by atoms with van der Waals surface area (Å²) < 4.78 is 20.0. The molecule has 0 aromatic heterocycles. The molecular weight excluding hydrogens is 906 g/mol. The summed E-state index contributed by atoms with van der Waals surface area (Å²) >= 11 is 13.2. The molecule has 2 unspecified atom stereocenters. The first-order chi connectivity index (χ1) is 7.62. The lowest BCUT2D eigenvalue weighted by Gasteiger charge is -2.06. The van der Waals surface area contributed by atoms with Gasteiger partial charge in [-0.3, -0.25) is 0 Å². The molecule has 0 saturated carbocycles. The largest absolute Gasteiger partial charge is 0.479 e. The molecule has 0 aromatic carbocycles. The zero-order chi connectivity index (χ0) is 12.9. The Hall–Kier alpha value is 4.41. The van der Waals surface area contributed by atoms with Crippen LogP contribution < -0.4 is 0 Å². The first-order valence-corrected chi connectivity index (χ1v) is 10.4. The van der Waals surface area contributed by atoms with Gasteiger partial charge in [-0.1, -0.05) is 0 Å². The molecule has 2 aliphatic rings. The summed E-state index contributed by atoms with van der Waals surface area (Å²) in [5.74, 6) is 0. The summed E-state index contributed by atoms with van der Waals surface area (Å²) in [5, 5.41) is 0. The molecule has 0 N–H and O–H groups in total. The molecule has 4 nitrogen and oxygen atoms in total. The van der Waals surface area contributed by atoms with E-state index in [0.717, 1.165) is 0 Å². The van der Waals surface area contributed by atoms with Crippen molar-refractivity contribution < 1.29 is 18.6 Å². The van der Waals surface area contributed by atoms with Crippen molar-refractivity contribution in [2.75, 3.05) is 0 Å². The Morgan fingerprint density at radius 2 is 1.00 bits per heavy atom. The molecule has 2 saturated heterocycles. The van der Waals surface area contributed by atoms with E-state index < -0.39 is 0 Å². The predicted molar refractivity (Wildman–Crippen MR) is 117 cm³/mol. The van der Waals surface area contributed by atoms with Crippen LogP contribution in [0.25, 0.3) is 0 Å². The first-order valence-electron chi connectivity index (χ1n) is 3.97. The Balaban J connectivity index is 1.57. The van der Waals surface area contributed by atoms with Gasteiger partial charge >= 0.3 is 22.6 Å². The smallest absolute Gasteiger partial charge is 0.454 e. The molecule has 0 aromatic rings. The third kappa shape index (κ3) is 4.24. The minimum Gasteiger partial charge on any atom is -0.479 e. The summed E-state index contributed by atoms with van der Waals surface area (Å²) in [6.07, 6.45) is 0. The predicted octanol–water partition coefficient (Wildman–Crippen LogP) is 3.08. The van der Waals surface area contributed by atoms with E-state index in [1.807, 2.05) is 0 Å². The van der Waals surface area contributed by atoms with Crippen LogP contribution in [0.3, 0.4) is 0 Å². The van der Waals surface area contributed by atoms with E-state index in [1.54, 1.807) is 15.0 Å². The van der Waals surface area contributed by atoms with Crippen molar-refractivity contribution in [3.8, 4) is 0 Å². The molecule has 13 heteroatoms. The third-order valence-corrected chi connectivity index (χ3v) is 12.5. The van der Waals surface area contributed by atoms with Crippen LogP contribution in [0.15, 0.2) is 0 Å². The molecule has 2 rings (SSSR count). The van der Waals surface area contributed by atoms with Crippen LogP contribution in [0.2, 0.25) is 0 Å². The van der Waals surface area contributed by atoms with Crippen LogP contribution >= 0.6 is 136 Å². The van der Waals surface area contributed by atoms with Crippen LogP contribution in [-0.4, -0.2) is 32.9 Å². The SMILES string of the molecule is IC1(I)OC1(I)[B]O[B]O[B]C1(I)OC1(I)I. The molecule has 17 heavy (non-hydrogen) atoms. The second-order valence-electron chi connectivity index (χ2n) is 3.13. The summed E-state index contributed by atoms with van der Waals surface area (Å²) in [7, 11) is 4.47. The van der Waals surface area contributed by atoms with Gasteiger partial charge in [-0.15, -0.1) is 0 Å². The summed E-state index contributed by atoms with van der Waals surface area (Å²) in [6.45, 7) is 0. The molecule has 2 fully saturated rings. The Kier molecular flexibility index (Phi) is 6.41. The highest BCUT2D eigenvalue weighted by Gasteiger charge is 2.68. The lowest BCUT2D eigenvalue weighted by molar-refractivity contribution is 0.404. The minimum atomic E-state index is -0.389. The van der Waals surface area contributed by atoms with Gasteiger partial charge < -0.3 is 18.6 Å². The number of halogens is 6. The standard InChI is InChI=1S/C4B3I6O4/c8-1(3(10,11)14-1)5-16-7-17-6-2(9)4(12,13)15-2. The van der Waals surface area contributed by atoms with E-state index in [1.165, 1.54) is 7.69 Å². The highest BCUT2D eigenvalue weighted by atomic mass is 127. The lowest BCUT2D eigenvalue weighted by Crippen LogP contribution is -2.27. The molecule has 0 bridgehead atoms. The van der Waals surface area contributed by atoms with Crippen molar-refractivity contribution in [3.63, 3.8) is 0 Å². The van der Waals surface area contributed by atoms with Gasteiger partial charge in [0.05, 0.1) is 0 Å². The second-order valence-corrected chi connectivity index (χ2v) is 16.5. The summed E-state index contributed by atoms with van der Waals surface area (Å²) in [6, 6.07) is 0. The topological polar surface area (TPSA) is 43.5 Å². The van der Waals surface area contributed by atoms with Gasteiger partial charge in [-0.05, 0) is 136 Å². The van der Waals surface area contributed by atoms with E-state index in [4.69, 9.17) is 18.6 Å². The van der Waals surface area contributed by atoms with Crippen LogP contribution in [-0.2, 0) is 18.6 Å². The molecule has 2 aliphatic heterocycles. The molecular formula is C4B3I6O4. The maximum Gasteiger partial charge on any atom is 0.454 e. The fourth-order valence-corrected chi connectivity index (χ4v) is 5.31. The number of alkyl halides is 6. The Morgan fingerprint density at radius 3 is 1.24 bits per heavy atom. The fourth-order valence-electron chi connectivity index (χ4n) is 0.770. The van der Waals surface area contributed by atoms with Gasteiger partial charge in [0.15, 0.2) is 7.01 Å². The normalized spacial score (nSPS) is 40.6. The zero-order valence-corrected chi connectivity index (χ0v) is 20.6. The molecule has 2 heterocycles. The number of hydrogen-bond donors (Lipinski definition) is 0. The van der Waals surface area contributed by atoms with Gasteiger partial charge in [0.2, 0.25) is 3.23 Å². The van der Waals surface area contributed by atoms with Gasteiger partial charge in [0.1, 0.15) is 0 Å². The second kappa shape index (κ2) is 6.14. The van der Waals surface area contributed by atoms with Crippen LogP contribution in [0.4, 0.5) is 0 Å². The van der Waals surface area contributed by atoms with E-state index in [9.17, 15) is 0 Å². The maximum absolute atomic E-state index is 5.45. The number of rotatable bonds is 6. The minimum absolute atomic E-state index is 0.232. The quantitative estimate of drug-likeness (QED) is 0.135. The molecule has 2 atom stereocenters. The van der Waals surface area contributed by atoms with Crippen molar-refractivity contribution >= 4 is 158 Å². The van der Waals surface area contributed by atoms with Crippen LogP contribution in [0, 0.1) is 0 Å². The Morgan fingerprint density at radius 1 is 0.706 bits per heavy atom. The average molecular weight is 906 g/mol. The van der Waals surface area contributed by atoms with Crippen molar-refractivity contribution in [1.29, 1.82) is 0 Å². The summed E-state index contributed by atoms with van der Waals surface area (Å²) in [4.78, 5) is 0. The van der Waals surface area contributed by atoms with Gasteiger partial charge in [-0.25, -0.2) is 0 Å². The van der Waals surface area contributed by atoms with Crippen molar-refractivity contribution in [2.24, 2.45) is 0 Å².